The van der Waals surface area contributed by atoms with Gasteiger partial charge in [0.2, 0.25) is 5.91 Å². The van der Waals surface area contributed by atoms with Gasteiger partial charge in [0.1, 0.15) is 0 Å². The summed E-state index contributed by atoms with van der Waals surface area (Å²) in [5, 5.41) is 1.15. The van der Waals surface area contributed by atoms with Gasteiger partial charge in [-0.05, 0) is 37.1 Å². The molecule has 0 spiro atoms. The Bertz CT molecular complexity index is 888. The number of sulfonamides is 1. The first-order valence-corrected chi connectivity index (χ1v) is 9.96. The lowest BCUT2D eigenvalue weighted by Crippen LogP contribution is -2.28. The Morgan fingerprint density at radius 3 is 2.38 bits per heavy atom. The molecule has 26 heavy (non-hydrogen) atoms. The Morgan fingerprint density at radius 2 is 1.77 bits per heavy atom. The summed E-state index contributed by atoms with van der Waals surface area (Å²) in [4.78, 5) is 13.3. The number of carbonyl (C=O) groups excluding carboxylic acids is 1. The number of carbonyl (C=O) groups is 1. The summed E-state index contributed by atoms with van der Waals surface area (Å²) in [6.45, 7) is 6.28. The van der Waals surface area contributed by atoms with Gasteiger partial charge in [0.05, 0.1) is 11.1 Å². The molecular formula is C20H24N2O3S. The zero-order valence-electron chi connectivity index (χ0n) is 15.3. The van der Waals surface area contributed by atoms with Crippen molar-refractivity contribution >= 4 is 27.7 Å². The van der Waals surface area contributed by atoms with Crippen LogP contribution in [0, 0.1) is 6.92 Å². The molecule has 0 aliphatic carbocycles. The highest BCUT2D eigenvalue weighted by molar-refractivity contribution is 7.95. The number of aryl methyl sites for hydroxylation is 1. The summed E-state index contributed by atoms with van der Waals surface area (Å²) < 4.78 is 27.4. The summed E-state index contributed by atoms with van der Waals surface area (Å²) in [6, 6.07) is 14.7. The first-order chi connectivity index (χ1) is 12.3. The largest absolute Gasteiger partial charge is 0.339 e. The third-order valence-electron chi connectivity index (χ3n) is 3.97. The van der Waals surface area contributed by atoms with Crippen LogP contribution in [0.1, 0.15) is 30.5 Å². The number of amides is 1. The Kier molecular flexibility index (Phi) is 6.58. The van der Waals surface area contributed by atoms with Gasteiger partial charge < -0.3 is 4.90 Å². The fourth-order valence-corrected chi connectivity index (χ4v) is 3.35. The standard InChI is InChI=1S/C20H24N2O3S/c1-4-22(17(3)23)15-19-7-5-6-8-20(19)21-26(24,25)14-13-18-11-9-16(2)10-12-18/h5-14,21H,4,15H2,1-3H3/b14-13-. The minimum Gasteiger partial charge on any atom is -0.339 e. The molecule has 138 valence electrons. The highest BCUT2D eigenvalue weighted by atomic mass is 32.2. The lowest BCUT2D eigenvalue weighted by atomic mass is 10.1. The van der Waals surface area contributed by atoms with Gasteiger partial charge in [-0.15, -0.1) is 0 Å². The van der Waals surface area contributed by atoms with Crippen molar-refractivity contribution < 1.29 is 13.2 Å². The van der Waals surface area contributed by atoms with E-state index in [2.05, 4.69) is 4.72 Å². The quantitative estimate of drug-likeness (QED) is 0.804. The Labute approximate surface area is 155 Å². The summed E-state index contributed by atoms with van der Waals surface area (Å²) in [5.41, 5.74) is 3.14. The van der Waals surface area contributed by atoms with Crippen LogP contribution in [0.3, 0.4) is 0 Å². The van der Waals surface area contributed by atoms with Gasteiger partial charge in [-0.2, -0.15) is 0 Å². The minimum atomic E-state index is -3.66. The summed E-state index contributed by atoms with van der Waals surface area (Å²) in [7, 11) is -3.66. The van der Waals surface area contributed by atoms with E-state index in [9.17, 15) is 13.2 Å². The van der Waals surface area contributed by atoms with E-state index >= 15 is 0 Å². The van der Waals surface area contributed by atoms with Crippen molar-refractivity contribution in [3.63, 3.8) is 0 Å². The molecule has 0 unspecified atom stereocenters. The van der Waals surface area contributed by atoms with Crippen LogP contribution in [-0.4, -0.2) is 25.8 Å². The molecule has 5 nitrogen and oxygen atoms in total. The van der Waals surface area contributed by atoms with Crippen molar-refractivity contribution in [3.8, 4) is 0 Å². The van der Waals surface area contributed by atoms with Gasteiger partial charge in [-0.1, -0.05) is 48.0 Å². The molecule has 2 rings (SSSR count). The van der Waals surface area contributed by atoms with E-state index in [0.717, 1.165) is 22.1 Å². The molecule has 6 heteroatoms. The summed E-state index contributed by atoms with van der Waals surface area (Å²) >= 11 is 0. The lowest BCUT2D eigenvalue weighted by molar-refractivity contribution is -0.129. The lowest BCUT2D eigenvalue weighted by Gasteiger charge is -2.21. The number of para-hydroxylation sites is 1. The zero-order chi connectivity index (χ0) is 19.2. The van der Waals surface area contributed by atoms with Crippen LogP contribution in [-0.2, 0) is 21.4 Å². The first kappa shape index (κ1) is 19.7. The molecule has 1 N–H and O–H groups in total. The normalized spacial score (nSPS) is 11.5. The van der Waals surface area contributed by atoms with Crippen LogP contribution >= 0.6 is 0 Å². The molecular weight excluding hydrogens is 348 g/mol. The van der Waals surface area contributed by atoms with Gasteiger partial charge in [-0.25, -0.2) is 8.42 Å². The van der Waals surface area contributed by atoms with Crippen LogP contribution in [0.25, 0.3) is 6.08 Å². The molecule has 0 aliphatic heterocycles. The smallest absolute Gasteiger partial charge is 0.255 e. The average molecular weight is 372 g/mol. The maximum atomic E-state index is 12.4. The molecule has 0 heterocycles. The van der Waals surface area contributed by atoms with E-state index in [4.69, 9.17) is 0 Å². The Hall–Kier alpha value is -2.60. The highest BCUT2D eigenvalue weighted by Gasteiger charge is 2.13. The second-order valence-corrected chi connectivity index (χ2v) is 7.62. The number of nitrogens with zero attached hydrogens (tertiary/aromatic N) is 1. The van der Waals surface area contributed by atoms with E-state index in [0.29, 0.717) is 18.8 Å². The first-order valence-electron chi connectivity index (χ1n) is 8.41. The summed E-state index contributed by atoms with van der Waals surface area (Å²) in [6.07, 6.45) is 1.55. The fraction of sp³-hybridized carbons (Fsp3) is 0.250. The zero-order valence-corrected chi connectivity index (χ0v) is 16.1. The van der Waals surface area contributed by atoms with Crippen molar-refractivity contribution in [2.24, 2.45) is 0 Å². The number of rotatable bonds is 7. The predicted molar refractivity (Wildman–Crippen MR) is 106 cm³/mol. The maximum Gasteiger partial charge on any atom is 0.255 e. The number of hydrogen-bond acceptors (Lipinski definition) is 3. The van der Waals surface area contributed by atoms with Crippen molar-refractivity contribution in [3.05, 3.63) is 70.6 Å². The second-order valence-electron chi connectivity index (χ2n) is 6.05. The predicted octanol–water partition coefficient (Wildman–Crippen LogP) is 3.78. The molecule has 0 radical (unpaired) electrons. The van der Waals surface area contributed by atoms with Crippen LogP contribution in [0.2, 0.25) is 0 Å². The van der Waals surface area contributed by atoms with Crippen LogP contribution < -0.4 is 4.72 Å². The van der Waals surface area contributed by atoms with E-state index in [1.807, 2.05) is 50.2 Å². The number of nitrogens with one attached hydrogen (secondary N) is 1. The van der Waals surface area contributed by atoms with Crippen molar-refractivity contribution in [2.45, 2.75) is 27.3 Å². The number of anilines is 1. The van der Waals surface area contributed by atoms with Crippen molar-refractivity contribution in [1.29, 1.82) is 0 Å². The van der Waals surface area contributed by atoms with Gasteiger partial charge >= 0.3 is 0 Å². The molecule has 0 atom stereocenters. The van der Waals surface area contributed by atoms with Crippen LogP contribution in [0.15, 0.2) is 53.9 Å². The molecule has 2 aromatic rings. The van der Waals surface area contributed by atoms with Crippen LogP contribution in [0.4, 0.5) is 5.69 Å². The van der Waals surface area contributed by atoms with Gasteiger partial charge in [0, 0.05) is 20.0 Å². The highest BCUT2D eigenvalue weighted by Crippen LogP contribution is 2.19. The third kappa shape index (κ3) is 5.74. The van der Waals surface area contributed by atoms with Gasteiger partial charge in [0.25, 0.3) is 10.0 Å². The summed E-state index contributed by atoms with van der Waals surface area (Å²) in [5.74, 6) is -0.0515. The fourth-order valence-electron chi connectivity index (χ4n) is 2.44. The molecule has 1 amide bonds. The van der Waals surface area contributed by atoms with Gasteiger partial charge in [0.15, 0.2) is 0 Å². The third-order valence-corrected chi connectivity index (χ3v) is 4.97. The monoisotopic (exact) mass is 372 g/mol. The van der Waals surface area contributed by atoms with E-state index < -0.39 is 10.0 Å². The van der Waals surface area contributed by atoms with Crippen molar-refractivity contribution in [1.82, 2.24) is 4.90 Å². The second kappa shape index (κ2) is 8.67. The topological polar surface area (TPSA) is 66.5 Å². The van der Waals surface area contributed by atoms with Crippen molar-refractivity contribution in [2.75, 3.05) is 11.3 Å². The SMILES string of the molecule is CCN(Cc1ccccc1NS(=O)(=O)/C=C\c1ccc(C)cc1)C(C)=O. The average Bonchev–Trinajstić information content (AvgIpc) is 2.60. The Balaban J connectivity index is 2.18. The van der Waals surface area contributed by atoms with Gasteiger partial charge in [-0.3, -0.25) is 9.52 Å². The van der Waals surface area contributed by atoms with E-state index in [1.165, 1.54) is 6.92 Å². The van der Waals surface area contributed by atoms with Crippen LogP contribution in [0.5, 0.6) is 0 Å². The maximum absolute atomic E-state index is 12.4. The molecule has 0 fully saturated rings. The Morgan fingerprint density at radius 1 is 1.12 bits per heavy atom. The minimum absolute atomic E-state index is 0.0515. The number of benzene rings is 2. The number of hydrogen-bond donors (Lipinski definition) is 1. The van der Waals surface area contributed by atoms with E-state index in [1.54, 1.807) is 23.1 Å². The van der Waals surface area contributed by atoms with E-state index in [-0.39, 0.29) is 5.91 Å². The molecule has 2 aromatic carbocycles. The molecule has 0 aliphatic rings. The molecule has 0 saturated carbocycles. The molecule has 0 aromatic heterocycles. The molecule has 0 bridgehead atoms. The molecule has 0 saturated heterocycles.